The Bertz CT molecular complexity index is 1100. The molecule has 0 aromatic heterocycles. The number of methoxy groups -OCH3 is 1. The Balaban J connectivity index is 1.69. The van der Waals surface area contributed by atoms with Gasteiger partial charge in [0, 0.05) is 6.54 Å². The van der Waals surface area contributed by atoms with Crippen LogP contribution < -0.4 is 5.73 Å². The number of ether oxygens (including phenoxy) is 2. The summed E-state index contributed by atoms with van der Waals surface area (Å²) in [5.74, 6) is -3.80. The topological polar surface area (TPSA) is 116 Å². The minimum absolute atomic E-state index is 0.121. The number of hydrogen-bond donors (Lipinski definition) is 1. The SMILES string of the molecule is COC(=O)[C@@]12C(=O)CC(=O)C1[C@@H](OCc1ccccc1)CN2C(=O)C(C)(N)Cc1ccccc1. The number of esters is 1. The zero-order chi connectivity index (χ0) is 24.5. The molecule has 0 radical (unpaired) electrons. The molecule has 1 aliphatic carbocycles. The maximum atomic E-state index is 13.8. The van der Waals surface area contributed by atoms with E-state index in [-0.39, 0.29) is 19.6 Å². The lowest BCUT2D eigenvalue weighted by atomic mass is 9.84. The summed E-state index contributed by atoms with van der Waals surface area (Å²) in [5.41, 5.74) is 4.65. The first-order valence-electron chi connectivity index (χ1n) is 11.2. The third kappa shape index (κ3) is 3.93. The van der Waals surface area contributed by atoms with Crippen LogP contribution >= 0.6 is 0 Å². The number of Topliss-reactive ketones (excluding diaryl/α,β-unsaturated/α-hetero) is 2. The fourth-order valence-corrected chi connectivity index (χ4v) is 5.11. The molecule has 4 atom stereocenters. The lowest BCUT2D eigenvalue weighted by Gasteiger charge is -2.38. The number of carbonyl (C=O) groups excluding carboxylic acids is 4. The van der Waals surface area contributed by atoms with Crippen LogP contribution in [-0.4, -0.2) is 59.2 Å². The molecule has 8 heteroatoms. The average molecular weight is 465 g/mol. The second kappa shape index (κ2) is 9.12. The molecule has 1 heterocycles. The molecule has 2 aromatic carbocycles. The first-order chi connectivity index (χ1) is 16.2. The summed E-state index contributed by atoms with van der Waals surface area (Å²) in [5, 5.41) is 0. The van der Waals surface area contributed by atoms with Gasteiger partial charge in [-0.3, -0.25) is 14.4 Å². The Morgan fingerprint density at radius 3 is 2.24 bits per heavy atom. The molecule has 0 spiro atoms. The highest BCUT2D eigenvalue weighted by Gasteiger charge is 2.72. The van der Waals surface area contributed by atoms with E-state index >= 15 is 0 Å². The van der Waals surface area contributed by atoms with Crippen molar-refractivity contribution in [1.29, 1.82) is 0 Å². The summed E-state index contributed by atoms with van der Waals surface area (Å²) in [4.78, 5) is 54.2. The van der Waals surface area contributed by atoms with E-state index in [1.165, 1.54) is 0 Å². The van der Waals surface area contributed by atoms with Gasteiger partial charge in [-0.15, -0.1) is 0 Å². The molecule has 34 heavy (non-hydrogen) atoms. The number of carbonyl (C=O) groups is 4. The number of ketones is 2. The third-order valence-corrected chi connectivity index (χ3v) is 6.67. The summed E-state index contributed by atoms with van der Waals surface area (Å²) >= 11 is 0. The molecule has 2 aliphatic rings. The van der Waals surface area contributed by atoms with Crippen LogP contribution in [-0.2, 0) is 41.7 Å². The van der Waals surface area contributed by atoms with Crippen LogP contribution in [0.25, 0.3) is 0 Å². The summed E-state index contributed by atoms with van der Waals surface area (Å²) in [6.07, 6.45) is -1.13. The highest BCUT2D eigenvalue weighted by Crippen LogP contribution is 2.46. The van der Waals surface area contributed by atoms with Crippen LogP contribution in [0.1, 0.15) is 24.5 Å². The standard InChI is InChI=1S/C26H28N2O6/c1-25(27,14-17-9-5-3-6-10-17)23(31)28-15-20(34-16-18-11-7-4-8-12-18)22-19(29)13-21(30)26(22,28)24(32)33-2/h3-12,20,22H,13-16,27H2,1-2H3/t20-,22?,25?,26+/m0/s1. The van der Waals surface area contributed by atoms with Gasteiger partial charge in [0.15, 0.2) is 5.78 Å². The smallest absolute Gasteiger partial charge is 0.340 e. The van der Waals surface area contributed by atoms with Crippen molar-refractivity contribution < 1.29 is 28.7 Å². The number of likely N-dealkylation sites (tertiary alicyclic amines) is 1. The maximum absolute atomic E-state index is 13.8. The highest BCUT2D eigenvalue weighted by molar-refractivity contribution is 6.25. The Morgan fingerprint density at radius 2 is 1.65 bits per heavy atom. The Labute approximate surface area is 198 Å². The number of rotatable bonds is 7. The zero-order valence-electron chi connectivity index (χ0n) is 19.2. The van der Waals surface area contributed by atoms with Crippen molar-refractivity contribution >= 4 is 23.4 Å². The molecule has 1 saturated carbocycles. The van der Waals surface area contributed by atoms with Crippen molar-refractivity contribution in [3.05, 3.63) is 71.8 Å². The lowest BCUT2D eigenvalue weighted by Crippen LogP contribution is -2.65. The number of hydrogen-bond acceptors (Lipinski definition) is 7. The molecular weight excluding hydrogens is 436 g/mol. The minimum atomic E-state index is -2.07. The van der Waals surface area contributed by atoms with E-state index in [2.05, 4.69) is 0 Å². The largest absolute Gasteiger partial charge is 0.467 e. The monoisotopic (exact) mass is 464 g/mol. The van der Waals surface area contributed by atoms with Crippen molar-refractivity contribution in [3.8, 4) is 0 Å². The number of nitrogens with two attached hydrogens (primary N) is 1. The molecule has 2 aromatic rings. The van der Waals surface area contributed by atoms with Crippen molar-refractivity contribution in [3.63, 3.8) is 0 Å². The zero-order valence-corrected chi connectivity index (χ0v) is 19.2. The third-order valence-electron chi connectivity index (χ3n) is 6.67. The Kier molecular flexibility index (Phi) is 6.38. The molecule has 2 N–H and O–H groups in total. The van der Waals surface area contributed by atoms with E-state index in [0.717, 1.165) is 23.1 Å². The fourth-order valence-electron chi connectivity index (χ4n) is 5.11. The van der Waals surface area contributed by atoms with Crippen LogP contribution in [0.4, 0.5) is 0 Å². The summed E-state index contributed by atoms with van der Waals surface area (Å²) in [6.45, 7) is 1.60. The molecule has 1 aliphatic heterocycles. The van der Waals surface area contributed by atoms with Gasteiger partial charge in [-0.25, -0.2) is 4.79 Å². The Morgan fingerprint density at radius 1 is 1.06 bits per heavy atom. The van der Waals surface area contributed by atoms with Crippen LogP contribution in [0.2, 0.25) is 0 Å². The molecular formula is C26H28N2O6. The van der Waals surface area contributed by atoms with E-state index in [1.54, 1.807) is 6.92 Å². The summed E-state index contributed by atoms with van der Waals surface area (Å²) in [6, 6.07) is 18.5. The van der Waals surface area contributed by atoms with Crippen molar-refractivity contribution in [1.82, 2.24) is 4.90 Å². The quantitative estimate of drug-likeness (QED) is 0.487. The van der Waals surface area contributed by atoms with Gasteiger partial charge in [0.1, 0.15) is 5.78 Å². The number of fused-ring (bicyclic) bond motifs is 1. The number of nitrogens with zero attached hydrogens (tertiary/aromatic N) is 1. The molecule has 178 valence electrons. The van der Waals surface area contributed by atoms with Crippen LogP contribution in [0.5, 0.6) is 0 Å². The fraction of sp³-hybridized carbons (Fsp3) is 0.385. The van der Waals surface area contributed by atoms with E-state index in [0.29, 0.717) is 0 Å². The van der Waals surface area contributed by atoms with Crippen molar-refractivity contribution in [2.24, 2.45) is 11.7 Å². The second-order valence-corrected chi connectivity index (χ2v) is 9.13. The van der Waals surface area contributed by atoms with Crippen LogP contribution in [0, 0.1) is 5.92 Å². The lowest BCUT2D eigenvalue weighted by molar-refractivity contribution is -0.166. The van der Waals surface area contributed by atoms with Crippen molar-refractivity contribution in [2.75, 3.05) is 13.7 Å². The van der Waals surface area contributed by atoms with E-state index in [9.17, 15) is 19.2 Å². The van der Waals surface area contributed by atoms with Crippen LogP contribution in [0.3, 0.4) is 0 Å². The van der Waals surface area contributed by atoms with Crippen molar-refractivity contribution in [2.45, 2.75) is 43.6 Å². The van der Waals surface area contributed by atoms with Gasteiger partial charge in [0.05, 0.1) is 37.7 Å². The van der Waals surface area contributed by atoms with E-state index in [1.807, 2.05) is 60.7 Å². The molecule has 2 fully saturated rings. The van der Waals surface area contributed by atoms with Gasteiger partial charge in [-0.05, 0) is 24.5 Å². The number of benzene rings is 2. The minimum Gasteiger partial charge on any atom is -0.467 e. The predicted molar refractivity (Wildman–Crippen MR) is 122 cm³/mol. The molecule has 0 bridgehead atoms. The van der Waals surface area contributed by atoms with Gasteiger partial charge < -0.3 is 20.1 Å². The molecule has 2 unspecified atom stereocenters. The molecule has 8 nitrogen and oxygen atoms in total. The number of amides is 1. The van der Waals surface area contributed by atoms with Gasteiger partial charge in [0.25, 0.3) is 0 Å². The Hall–Kier alpha value is -3.36. The van der Waals surface area contributed by atoms with Gasteiger partial charge in [-0.1, -0.05) is 60.7 Å². The highest BCUT2D eigenvalue weighted by atomic mass is 16.5. The molecule has 1 saturated heterocycles. The first kappa shape index (κ1) is 23.8. The molecule has 1 amide bonds. The summed E-state index contributed by atoms with van der Waals surface area (Å²) < 4.78 is 11.0. The normalized spacial score (nSPS) is 25.7. The van der Waals surface area contributed by atoms with Gasteiger partial charge in [-0.2, -0.15) is 0 Å². The molecule has 4 rings (SSSR count). The van der Waals surface area contributed by atoms with E-state index < -0.39 is 53.0 Å². The average Bonchev–Trinajstić information content (AvgIpc) is 3.31. The van der Waals surface area contributed by atoms with Gasteiger partial charge in [0.2, 0.25) is 11.4 Å². The summed E-state index contributed by atoms with van der Waals surface area (Å²) in [7, 11) is 1.14. The van der Waals surface area contributed by atoms with E-state index in [4.69, 9.17) is 15.2 Å². The maximum Gasteiger partial charge on any atom is 0.340 e. The van der Waals surface area contributed by atoms with Gasteiger partial charge >= 0.3 is 5.97 Å². The second-order valence-electron chi connectivity index (χ2n) is 9.13. The first-order valence-corrected chi connectivity index (χ1v) is 11.2. The van der Waals surface area contributed by atoms with Crippen LogP contribution in [0.15, 0.2) is 60.7 Å². The predicted octanol–water partition coefficient (Wildman–Crippen LogP) is 1.44.